The third-order valence-electron chi connectivity index (χ3n) is 2.86. The van der Waals surface area contributed by atoms with Crippen molar-refractivity contribution < 1.29 is 13.2 Å². The van der Waals surface area contributed by atoms with Crippen LogP contribution < -0.4 is 5.32 Å². The van der Waals surface area contributed by atoms with Crippen LogP contribution in [0.2, 0.25) is 0 Å². The number of alkyl halides is 3. The van der Waals surface area contributed by atoms with Crippen LogP contribution in [0, 0.1) is 0 Å². The highest BCUT2D eigenvalue weighted by Crippen LogP contribution is 2.37. The average Bonchev–Trinajstić information content (AvgIpc) is 2.35. The minimum atomic E-state index is -4.31. The Morgan fingerprint density at radius 3 is 2.43 bits per heavy atom. The van der Waals surface area contributed by atoms with Crippen molar-refractivity contribution in [3.05, 3.63) is 29.3 Å². The Hall–Kier alpha value is -0.720. The van der Waals surface area contributed by atoms with Gasteiger partial charge in [-0.05, 0) is 31.8 Å². The monoisotopic (exact) mass is 320 g/mol. The molecule has 0 aromatic heterocycles. The van der Waals surface area contributed by atoms with Gasteiger partial charge in [0.2, 0.25) is 0 Å². The summed E-state index contributed by atoms with van der Waals surface area (Å²) < 4.78 is 39.5. The van der Waals surface area contributed by atoms with E-state index in [9.17, 15) is 13.2 Å². The molecule has 120 valence electrons. The molecule has 0 atom stereocenters. The highest BCUT2D eigenvalue weighted by Gasteiger charge is 2.33. The topological polar surface area (TPSA) is 15.3 Å². The molecule has 1 aromatic carbocycles. The van der Waals surface area contributed by atoms with Crippen LogP contribution in [0.1, 0.15) is 25.0 Å². The molecule has 0 aliphatic heterocycles. The first-order chi connectivity index (χ1) is 9.70. The number of hydrogen-bond donors (Lipinski definition) is 1. The summed E-state index contributed by atoms with van der Waals surface area (Å²) >= 11 is 1.25. The molecule has 1 rings (SSSR count). The molecule has 2 nitrogen and oxygen atoms in total. The summed E-state index contributed by atoms with van der Waals surface area (Å²) in [4.78, 5) is 2.26. The Labute approximate surface area is 129 Å². The molecule has 0 saturated carbocycles. The molecule has 6 heteroatoms. The molecule has 0 fully saturated rings. The second-order valence-corrected chi connectivity index (χ2v) is 6.65. The van der Waals surface area contributed by atoms with Crippen molar-refractivity contribution >= 4 is 11.8 Å². The molecule has 0 heterocycles. The van der Waals surface area contributed by atoms with E-state index in [0.29, 0.717) is 22.8 Å². The minimum Gasteiger partial charge on any atom is -0.310 e. The van der Waals surface area contributed by atoms with Gasteiger partial charge in [-0.15, -0.1) is 11.8 Å². The number of rotatable bonds is 7. The standard InChI is InChI=1S/C15H23F3N2S/c1-11(2)19-10-12-5-6-14(21-8-7-20(3)4)13(9-12)15(16,17)18/h5-6,9,11,19H,7-8,10H2,1-4H3. The predicted octanol–water partition coefficient (Wildman–Crippen LogP) is 3.86. The van der Waals surface area contributed by atoms with Crippen LogP contribution in [0.4, 0.5) is 13.2 Å². The zero-order chi connectivity index (χ0) is 16.0. The molecule has 1 N–H and O–H groups in total. The lowest BCUT2D eigenvalue weighted by Gasteiger charge is -2.16. The number of thioether (sulfide) groups is 1. The van der Waals surface area contributed by atoms with Crippen LogP contribution in [0.3, 0.4) is 0 Å². The van der Waals surface area contributed by atoms with E-state index in [1.165, 1.54) is 17.8 Å². The molecule has 21 heavy (non-hydrogen) atoms. The summed E-state index contributed by atoms with van der Waals surface area (Å²) in [7, 11) is 3.82. The SMILES string of the molecule is CC(C)NCc1ccc(SCCN(C)C)c(C(F)(F)F)c1. The van der Waals surface area contributed by atoms with Crippen molar-refractivity contribution in [1.29, 1.82) is 0 Å². The van der Waals surface area contributed by atoms with E-state index in [0.717, 1.165) is 6.54 Å². The summed E-state index contributed by atoms with van der Waals surface area (Å²) in [6.07, 6.45) is -4.31. The molecule has 0 saturated heterocycles. The fourth-order valence-electron chi connectivity index (χ4n) is 1.69. The van der Waals surface area contributed by atoms with Crippen molar-refractivity contribution in [3.63, 3.8) is 0 Å². The molecular weight excluding hydrogens is 297 g/mol. The van der Waals surface area contributed by atoms with Gasteiger partial charge in [0.05, 0.1) is 5.56 Å². The molecule has 0 bridgehead atoms. The Balaban J connectivity index is 2.87. The van der Waals surface area contributed by atoms with Crippen LogP contribution in [-0.4, -0.2) is 37.3 Å². The van der Waals surface area contributed by atoms with Gasteiger partial charge in [0.15, 0.2) is 0 Å². The maximum Gasteiger partial charge on any atom is 0.417 e. The van der Waals surface area contributed by atoms with Gasteiger partial charge in [-0.2, -0.15) is 13.2 Å². The fraction of sp³-hybridized carbons (Fsp3) is 0.600. The van der Waals surface area contributed by atoms with Gasteiger partial charge in [-0.25, -0.2) is 0 Å². The second kappa shape index (κ2) is 8.06. The van der Waals surface area contributed by atoms with Gasteiger partial charge in [0.25, 0.3) is 0 Å². The lowest BCUT2D eigenvalue weighted by Crippen LogP contribution is -2.22. The number of nitrogens with one attached hydrogen (secondary N) is 1. The average molecular weight is 320 g/mol. The Kier molecular flexibility index (Phi) is 7.03. The normalized spacial score (nSPS) is 12.4. The van der Waals surface area contributed by atoms with Gasteiger partial charge in [-0.1, -0.05) is 19.9 Å². The van der Waals surface area contributed by atoms with Crippen molar-refractivity contribution in [1.82, 2.24) is 10.2 Å². The van der Waals surface area contributed by atoms with E-state index in [-0.39, 0.29) is 6.04 Å². The van der Waals surface area contributed by atoms with Crippen LogP contribution >= 0.6 is 11.8 Å². The van der Waals surface area contributed by atoms with Gasteiger partial charge in [0, 0.05) is 29.8 Å². The van der Waals surface area contributed by atoms with E-state index in [2.05, 4.69) is 5.32 Å². The van der Waals surface area contributed by atoms with Gasteiger partial charge in [-0.3, -0.25) is 0 Å². The lowest BCUT2D eigenvalue weighted by atomic mass is 10.1. The molecular formula is C15H23F3N2S. The summed E-state index contributed by atoms with van der Waals surface area (Å²) in [5.74, 6) is 0.639. The van der Waals surface area contributed by atoms with Gasteiger partial charge in [0.1, 0.15) is 0 Å². The first kappa shape index (κ1) is 18.3. The van der Waals surface area contributed by atoms with Crippen molar-refractivity contribution in [2.75, 3.05) is 26.4 Å². The fourth-order valence-corrected chi connectivity index (χ4v) is 2.87. The van der Waals surface area contributed by atoms with E-state index >= 15 is 0 Å². The zero-order valence-electron chi connectivity index (χ0n) is 12.9. The van der Waals surface area contributed by atoms with Crippen molar-refractivity contribution in [2.24, 2.45) is 0 Å². The van der Waals surface area contributed by atoms with Gasteiger partial charge >= 0.3 is 6.18 Å². The molecule has 0 amide bonds. The Morgan fingerprint density at radius 1 is 1.24 bits per heavy atom. The van der Waals surface area contributed by atoms with Crippen LogP contribution in [-0.2, 0) is 12.7 Å². The summed E-state index contributed by atoms with van der Waals surface area (Å²) in [5, 5.41) is 3.14. The molecule has 1 aromatic rings. The van der Waals surface area contributed by atoms with Gasteiger partial charge < -0.3 is 10.2 Å². The summed E-state index contributed by atoms with van der Waals surface area (Å²) in [5.41, 5.74) is 0.127. The van der Waals surface area contributed by atoms with E-state index in [1.807, 2.05) is 32.8 Å². The first-order valence-electron chi connectivity index (χ1n) is 6.91. The Bertz CT molecular complexity index is 445. The quantitative estimate of drug-likeness (QED) is 0.768. The van der Waals surface area contributed by atoms with E-state index < -0.39 is 11.7 Å². The smallest absolute Gasteiger partial charge is 0.310 e. The summed E-state index contributed by atoms with van der Waals surface area (Å²) in [6.45, 7) is 5.13. The second-order valence-electron chi connectivity index (χ2n) is 5.52. The lowest BCUT2D eigenvalue weighted by molar-refractivity contribution is -0.139. The number of hydrogen-bond acceptors (Lipinski definition) is 3. The van der Waals surface area contributed by atoms with Crippen molar-refractivity contribution in [2.45, 2.75) is 37.5 Å². The number of halogens is 3. The maximum absolute atomic E-state index is 13.2. The third kappa shape index (κ3) is 6.72. The van der Waals surface area contributed by atoms with E-state index in [1.54, 1.807) is 12.1 Å². The Morgan fingerprint density at radius 2 is 1.90 bits per heavy atom. The highest BCUT2D eigenvalue weighted by atomic mass is 32.2. The summed E-state index contributed by atoms with van der Waals surface area (Å²) in [6, 6.07) is 4.85. The maximum atomic E-state index is 13.2. The first-order valence-corrected chi connectivity index (χ1v) is 7.89. The minimum absolute atomic E-state index is 0.244. The number of benzene rings is 1. The zero-order valence-corrected chi connectivity index (χ0v) is 13.7. The molecule has 0 radical (unpaired) electrons. The third-order valence-corrected chi connectivity index (χ3v) is 3.91. The predicted molar refractivity (Wildman–Crippen MR) is 82.7 cm³/mol. The highest BCUT2D eigenvalue weighted by molar-refractivity contribution is 7.99. The van der Waals surface area contributed by atoms with Crippen LogP contribution in [0.15, 0.2) is 23.1 Å². The molecule has 0 aliphatic rings. The van der Waals surface area contributed by atoms with Crippen molar-refractivity contribution in [3.8, 4) is 0 Å². The number of nitrogens with zero attached hydrogens (tertiary/aromatic N) is 1. The van der Waals surface area contributed by atoms with Crippen LogP contribution in [0.5, 0.6) is 0 Å². The van der Waals surface area contributed by atoms with E-state index in [4.69, 9.17) is 0 Å². The molecule has 0 unspecified atom stereocenters. The largest absolute Gasteiger partial charge is 0.417 e. The molecule has 0 aliphatic carbocycles. The molecule has 0 spiro atoms. The van der Waals surface area contributed by atoms with Crippen LogP contribution in [0.25, 0.3) is 0 Å².